The number of nitrogens with one attached hydrogen (secondary N) is 3. The molecule has 2 atom stereocenters. The van der Waals surface area contributed by atoms with Crippen molar-refractivity contribution in [2.75, 3.05) is 5.32 Å². The molecule has 170 valence electrons. The van der Waals surface area contributed by atoms with Crippen LogP contribution < -0.4 is 10.6 Å². The number of fused-ring (bicyclic) bond motifs is 2. The Bertz CT molecular complexity index is 1200. The number of halogens is 2. The van der Waals surface area contributed by atoms with Crippen molar-refractivity contribution in [3.63, 3.8) is 0 Å². The zero-order valence-electron chi connectivity index (χ0n) is 18.6. The Morgan fingerprint density at radius 2 is 2.00 bits per heavy atom. The van der Waals surface area contributed by atoms with Gasteiger partial charge in [0.15, 0.2) is 0 Å². The van der Waals surface area contributed by atoms with Crippen LogP contribution in [-0.4, -0.2) is 33.9 Å². The third kappa shape index (κ3) is 3.58. The lowest BCUT2D eigenvalue weighted by molar-refractivity contribution is 0.0558. The standard InChI is InChI=1S/C24H27F2N3O3/c1-11(2)32-23(31)28-21-18-16(29-24(4,5)22(21)30)9-15(25)17(19(18)26)14-8-6-7-13-12(3)10-27-20(13)14/h6-11,21-22,27,29-30H,1-5H3,(H,28,31)/t21-,22?/m0/s1. The molecule has 0 aliphatic carbocycles. The quantitative estimate of drug-likeness (QED) is 0.450. The summed E-state index contributed by atoms with van der Waals surface area (Å²) < 4.78 is 36.5. The number of aromatic nitrogens is 1. The van der Waals surface area contributed by atoms with Crippen molar-refractivity contribution < 1.29 is 23.4 Å². The minimum absolute atomic E-state index is 0.0192. The van der Waals surface area contributed by atoms with E-state index in [0.29, 0.717) is 11.1 Å². The Morgan fingerprint density at radius 3 is 2.69 bits per heavy atom. The molecule has 1 aliphatic heterocycles. The number of aliphatic hydroxyl groups excluding tert-OH is 1. The SMILES string of the molecule is Cc1c[nH]c2c(-c3c(F)cc4c(c3F)[C@H](NC(=O)OC(C)C)C(O)C(C)(C)N4)cccc12. The highest BCUT2D eigenvalue weighted by Gasteiger charge is 2.44. The summed E-state index contributed by atoms with van der Waals surface area (Å²) in [6, 6.07) is 5.31. The van der Waals surface area contributed by atoms with Crippen molar-refractivity contribution in [1.82, 2.24) is 10.3 Å². The molecule has 8 heteroatoms. The molecule has 1 aromatic heterocycles. The maximum Gasteiger partial charge on any atom is 0.407 e. The number of rotatable bonds is 3. The molecule has 0 saturated carbocycles. The average Bonchev–Trinajstić information content (AvgIpc) is 3.06. The van der Waals surface area contributed by atoms with E-state index >= 15 is 8.78 Å². The fourth-order valence-corrected chi connectivity index (χ4v) is 4.31. The van der Waals surface area contributed by atoms with Gasteiger partial charge in [-0.15, -0.1) is 0 Å². The predicted octanol–water partition coefficient (Wildman–Crippen LogP) is 5.16. The van der Waals surface area contributed by atoms with Gasteiger partial charge in [-0.05, 0) is 46.2 Å². The molecule has 1 unspecified atom stereocenters. The first kappa shape index (κ1) is 22.1. The van der Waals surface area contributed by atoms with Crippen molar-refractivity contribution in [1.29, 1.82) is 0 Å². The molecule has 2 aromatic carbocycles. The van der Waals surface area contributed by atoms with Gasteiger partial charge in [0.25, 0.3) is 0 Å². The summed E-state index contributed by atoms with van der Waals surface area (Å²) in [7, 11) is 0. The molecule has 32 heavy (non-hydrogen) atoms. The molecule has 1 aliphatic rings. The second kappa shape index (κ2) is 7.78. The first-order valence-electron chi connectivity index (χ1n) is 10.5. The van der Waals surface area contributed by atoms with Gasteiger partial charge in [0.2, 0.25) is 0 Å². The van der Waals surface area contributed by atoms with Gasteiger partial charge >= 0.3 is 6.09 Å². The number of carbonyl (C=O) groups is 1. The molecular weight excluding hydrogens is 416 g/mol. The van der Waals surface area contributed by atoms with E-state index in [-0.39, 0.29) is 16.8 Å². The number of aliphatic hydroxyl groups is 1. The summed E-state index contributed by atoms with van der Waals surface area (Å²) in [5, 5.41) is 17.4. The van der Waals surface area contributed by atoms with Crippen LogP contribution >= 0.6 is 0 Å². The van der Waals surface area contributed by atoms with Crippen LogP contribution in [0.1, 0.15) is 44.9 Å². The zero-order valence-corrected chi connectivity index (χ0v) is 18.6. The number of aromatic amines is 1. The van der Waals surface area contributed by atoms with Gasteiger partial charge < -0.3 is 25.5 Å². The number of benzene rings is 2. The number of anilines is 1. The zero-order chi connectivity index (χ0) is 23.4. The van der Waals surface area contributed by atoms with Crippen LogP contribution in [0.15, 0.2) is 30.5 Å². The van der Waals surface area contributed by atoms with E-state index in [1.54, 1.807) is 46.0 Å². The molecular formula is C24H27F2N3O3. The number of ether oxygens (including phenoxy) is 1. The van der Waals surface area contributed by atoms with Gasteiger partial charge in [0, 0.05) is 28.4 Å². The van der Waals surface area contributed by atoms with Crippen molar-refractivity contribution in [2.45, 2.75) is 58.4 Å². The maximum atomic E-state index is 16.0. The lowest BCUT2D eigenvalue weighted by Gasteiger charge is -2.43. The van der Waals surface area contributed by atoms with E-state index in [9.17, 15) is 9.90 Å². The van der Waals surface area contributed by atoms with Crippen molar-refractivity contribution in [3.05, 3.63) is 53.2 Å². The number of hydrogen-bond donors (Lipinski definition) is 4. The lowest BCUT2D eigenvalue weighted by Crippen LogP contribution is -2.55. The third-order valence-electron chi connectivity index (χ3n) is 5.89. The van der Waals surface area contributed by atoms with Gasteiger partial charge in [0.05, 0.1) is 28.8 Å². The smallest absolute Gasteiger partial charge is 0.407 e. The molecule has 6 nitrogen and oxygen atoms in total. The largest absolute Gasteiger partial charge is 0.447 e. The van der Waals surface area contributed by atoms with Gasteiger partial charge in [0.1, 0.15) is 17.7 Å². The van der Waals surface area contributed by atoms with E-state index < -0.39 is 41.5 Å². The van der Waals surface area contributed by atoms with Crippen molar-refractivity contribution in [3.8, 4) is 11.1 Å². The number of aryl methyl sites for hydroxylation is 1. The molecule has 2 heterocycles. The molecule has 3 aromatic rings. The maximum absolute atomic E-state index is 16.0. The first-order valence-corrected chi connectivity index (χ1v) is 10.5. The number of amides is 1. The number of para-hydroxylation sites is 1. The molecule has 1 amide bonds. The summed E-state index contributed by atoms with van der Waals surface area (Å²) >= 11 is 0. The fourth-order valence-electron chi connectivity index (χ4n) is 4.31. The topological polar surface area (TPSA) is 86.4 Å². The minimum atomic E-state index is -1.20. The van der Waals surface area contributed by atoms with E-state index in [4.69, 9.17) is 4.74 Å². The van der Waals surface area contributed by atoms with Crippen LogP contribution in [0.4, 0.5) is 19.3 Å². The third-order valence-corrected chi connectivity index (χ3v) is 5.89. The Kier molecular flexibility index (Phi) is 5.36. The van der Waals surface area contributed by atoms with Gasteiger partial charge in [-0.25, -0.2) is 13.6 Å². The van der Waals surface area contributed by atoms with Crippen LogP contribution in [0.25, 0.3) is 22.0 Å². The van der Waals surface area contributed by atoms with Crippen molar-refractivity contribution in [2.24, 2.45) is 0 Å². The molecule has 0 spiro atoms. The average molecular weight is 443 g/mol. The Hall–Kier alpha value is -3.13. The lowest BCUT2D eigenvalue weighted by atomic mass is 9.81. The van der Waals surface area contributed by atoms with E-state index in [0.717, 1.165) is 10.9 Å². The van der Waals surface area contributed by atoms with E-state index in [2.05, 4.69) is 15.6 Å². The predicted molar refractivity (Wildman–Crippen MR) is 120 cm³/mol. The second-order valence-electron chi connectivity index (χ2n) is 9.08. The molecule has 0 radical (unpaired) electrons. The van der Waals surface area contributed by atoms with Crippen LogP contribution in [0.3, 0.4) is 0 Å². The number of H-pyrrole nitrogens is 1. The number of carbonyl (C=O) groups excluding carboxylic acids is 1. The highest BCUT2D eigenvalue weighted by Crippen LogP contribution is 2.44. The molecule has 0 saturated heterocycles. The van der Waals surface area contributed by atoms with E-state index in [1.807, 2.05) is 13.0 Å². The highest BCUT2D eigenvalue weighted by molar-refractivity contribution is 5.96. The van der Waals surface area contributed by atoms with Crippen LogP contribution in [0.5, 0.6) is 0 Å². The molecule has 0 fully saturated rings. The Balaban J connectivity index is 1.91. The molecule has 4 rings (SSSR count). The van der Waals surface area contributed by atoms with Gasteiger partial charge in [-0.1, -0.05) is 18.2 Å². The molecule has 0 bridgehead atoms. The summed E-state index contributed by atoms with van der Waals surface area (Å²) in [6.45, 7) is 8.65. The fraction of sp³-hybridized carbons (Fsp3) is 0.375. The minimum Gasteiger partial charge on any atom is -0.447 e. The monoisotopic (exact) mass is 443 g/mol. The van der Waals surface area contributed by atoms with E-state index in [1.165, 1.54) is 6.07 Å². The Labute approximate surface area is 185 Å². The summed E-state index contributed by atoms with van der Waals surface area (Å²) in [6.07, 6.45) is -0.613. The molecule has 4 N–H and O–H groups in total. The van der Waals surface area contributed by atoms with Crippen LogP contribution in [-0.2, 0) is 4.74 Å². The highest BCUT2D eigenvalue weighted by atomic mass is 19.1. The van der Waals surface area contributed by atoms with Crippen LogP contribution in [0.2, 0.25) is 0 Å². The van der Waals surface area contributed by atoms with Gasteiger partial charge in [-0.2, -0.15) is 0 Å². The number of hydrogen-bond acceptors (Lipinski definition) is 4. The van der Waals surface area contributed by atoms with Crippen molar-refractivity contribution >= 4 is 22.7 Å². The summed E-state index contributed by atoms with van der Waals surface area (Å²) in [5.74, 6) is -1.60. The first-order chi connectivity index (χ1) is 15.0. The van der Waals surface area contributed by atoms with Gasteiger partial charge in [-0.3, -0.25) is 0 Å². The van der Waals surface area contributed by atoms with Crippen LogP contribution in [0, 0.1) is 18.6 Å². The summed E-state index contributed by atoms with van der Waals surface area (Å²) in [4.78, 5) is 15.4. The number of alkyl carbamates (subject to hydrolysis) is 1. The Morgan fingerprint density at radius 1 is 1.28 bits per heavy atom. The second-order valence-corrected chi connectivity index (χ2v) is 9.08. The summed E-state index contributed by atoms with van der Waals surface area (Å²) in [5.41, 5.74) is 0.884. The normalized spacial score (nSPS) is 19.5.